The first kappa shape index (κ1) is 20.1. The van der Waals surface area contributed by atoms with Crippen molar-refractivity contribution < 1.29 is 19.1 Å². The topological polar surface area (TPSA) is 75.7 Å². The second-order valence-corrected chi connectivity index (χ2v) is 7.50. The van der Waals surface area contributed by atoms with Gasteiger partial charge in [0.15, 0.2) is 0 Å². The van der Waals surface area contributed by atoms with E-state index >= 15 is 0 Å². The van der Waals surface area contributed by atoms with Crippen molar-refractivity contribution in [3.8, 4) is 5.75 Å². The molecular formula is C21H21BrN2O4. The molecule has 1 aliphatic heterocycles. The van der Waals surface area contributed by atoms with Crippen LogP contribution in [-0.2, 0) is 4.79 Å². The Bertz CT molecular complexity index is 891. The number of halogens is 1. The van der Waals surface area contributed by atoms with Crippen molar-refractivity contribution in [1.29, 1.82) is 0 Å². The fourth-order valence-electron chi connectivity index (χ4n) is 3.18. The monoisotopic (exact) mass is 444 g/mol. The molecule has 0 bridgehead atoms. The van der Waals surface area contributed by atoms with Gasteiger partial charge in [0.1, 0.15) is 5.75 Å². The van der Waals surface area contributed by atoms with Gasteiger partial charge in [-0.15, -0.1) is 0 Å². The molecule has 2 amide bonds. The highest BCUT2D eigenvalue weighted by Crippen LogP contribution is 2.20. The van der Waals surface area contributed by atoms with Gasteiger partial charge < -0.3 is 15.0 Å². The fourth-order valence-corrected chi connectivity index (χ4v) is 3.64. The molecule has 1 N–H and O–H groups in total. The van der Waals surface area contributed by atoms with Crippen molar-refractivity contribution in [3.05, 3.63) is 64.1 Å². The minimum atomic E-state index is -0.425. The number of carbonyl (C=O) groups is 3. The first-order valence-corrected chi connectivity index (χ1v) is 9.86. The molecule has 0 aliphatic carbocycles. The lowest BCUT2D eigenvalue weighted by Crippen LogP contribution is -2.46. The van der Waals surface area contributed by atoms with E-state index in [0.717, 1.165) is 4.47 Å². The highest BCUT2D eigenvalue weighted by atomic mass is 79.9. The first-order valence-electron chi connectivity index (χ1n) is 9.07. The summed E-state index contributed by atoms with van der Waals surface area (Å²) in [6.45, 7) is 2.43. The molecule has 1 fully saturated rings. The number of likely N-dealkylation sites (tertiary alicyclic amines) is 1. The van der Waals surface area contributed by atoms with Crippen LogP contribution >= 0.6 is 15.9 Å². The van der Waals surface area contributed by atoms with Crippen LogP contribution in [0.1, 0.15) is 40.5 Å². The summed E-state index contributed by atoms with van der Waals surface area (Å²) in [6.07, 6.45) is 1.37. The van der Waals surface area contributed by atoms with Crippen LogP contribution in [0.25, 0.3) is 0 Å². The Morgan fingerprint density at radius 3 is 2.46 bits per heavy atom. The van der Waals surface area contributed by atoms with E-state index in [1.54, 1.807) is 35.2 Å². The van der Waals surface area contributed by atoms with Gasteiger partial charge in [0.05, 0.1) is 5.56 Å². The Kier molecular flexibility index (Phi) is 6.46. The van der Waals surface area contributed by atoms with Gasteiger partial charge in [0.2, 0.25) is 0 Å². The van der Waals surface area contributed by atoms with E-state index in [9.17, 15) is 14.4 Å². The third kappa shape index (κ3) is 4.98. The summed E-state index contributed by atoms with van der Waals surface area (Å²) in [5.41, 5.74) is 1.08. The standard InChI is InChI=1S/C21H21BrN2O4/c1-14(25)28-17-6-4-5-15(13-17)21(27)24-11-9-16(10-12-24)23-20(26)18-7-2-3-8-19(18)22/h2-8,13,16H,9-12H2,1H3,(H,23,26). The van der Waals surface area contributed by atoms with Crippen LogP contribution in [0.3, 0.4) is 0 Å². The van der Waals surface area contributed by atoms with E-state index in [0.29, 0.717) is 42.8 Å². The van der Waals surface area contributed by atoms with Crippen LogP contribution in [0.5, 0.6) is 5.75 Å². The first-order chi connectivity index (χ1) is 13.4. The van der Waals surface area contributed by atoms with Gasteiger partial charge in [-0.25, -0.2) is 0 Å². The van der Waals surface area contributed by atoms with E-state index in [-0.39, 0.29) is 17.9 Å². The third-order valence-corrected chi connectivity index (χ3v) is 5.27. The smallest absolute Gasteiger partial charge is 0.308 e. The van der Waals surface area contributed by atoms with E-state index in [1.807, 2.05) is 18.2 Å². The maximum Gasteiger partial charge on any atom is 0.308 e. The quantitative estimate of drug-likeness (QED) is 0.578. The Morgan fingerprint density at radius 2 is 1.79 bits per heavy atom. The molecule has 0 atom stereocenters. The average molecular weight is 445 g/mol. The van der Waals surface area contributed by atoms with Crippen LogP contribution in [0.15, 0.2) is 53.0 Å². The summed E-state index contributed by atoms with van der Waals surface area (Å²) < 4.78 is 5.80. The molecule has 28 heavy (non-hydrogen) atoms. The highest BCUT2D eigenvalue weighted by molar-refractivity contribution is 9.10. The molecule has 0 unspecified atom stereocenters. The summed E-state index contributed by atoms with van der Waals surface area (Å²) >= 11 is 3.39. The molecule has 146 valence electrons. The van der Waals surface area contributed by atoms with Crippen molar-refractivity contribution in [1.82, 2.24) is 10.2 Å². The molecule has 0 saturated carbocycles. The zero-order valence-electron chi connectivity index (χ0n) is 15.5. The van der Waals surface area contributed by atoms with Gasteiger partial charge >= 0.3 is 5.97 Å². The molecule has 3 rings (SSSR count). The minimum absolute atomic E-state index is 0.0241. The van der Waals surface area contributed by atoms with Crippen LogP contribution < -0.4 is 10.1 Å². The molecule has 1 saturated heterocycles. The van der Waals surface area contributed by atoms with Crippen molar-refractivity contribution in [2.45, 2.75) is 25.8 Å². The van der Waals surface area contributed by atoms with Crippen LogP contribution in [0.2, 0.25) is 0 Å². The summed E-state index contributed by atoms with van der Waals surface area (Å²) in [5.74, 6) is -0.295. The average Bonchev–Trinajstić information content (AvgIpc) is 2.68. The number of hydrogen-bond donors (Lipinski definition) is 1. The molecule has 7 heteroatoms. The molecule has 2 aromatic carbocycles. The third-order valence-electron chi connectivity index (χ3n) is 4.58. The largest absolute Gasteiger partial charge is 0.427 e. The maximum atomic E-state index is 12.7. The number of benzene rings is 2. The number of hydrogen-bond acceptors (Lipinski definition) is 4. The van der Waals surface area contributed by atoms with Crippen molar-refractivity contribution in [2.24, 2.45) is 0 Å². The number of nitrogens with one attached hydrogen (secondary N) is 1. The van der Waals surface area contributed by atoms with E-state index in [1.165, 1.54) is 6.92 Å². The van der Waals surface area contributed by atoms with E-state index < -0.39 is 5.97 Å². The minimum Gasteiger partial charge on any atom is -0.427 e. The second kappa shape index (κ2) is 9.01. The Labute approximate surface area is 172 Å². The highest BCUT2D eigenvalue weighted by Gasteiger charge is 2.25. The van der Waals surface area contributed by atoms with Gasteiger partial charge in [-0.3, -0.25) is 14.4 Å². The zero-order valence-corrected chi connectivity index (χ0v) is 17.1. The van der Waals surface area contributed by atoms with Crippen molar-refractivity contribution >= 4 is 33.7 Å². The number of ether oxygens (including phenoxy) is 1. The molecule has 6 nitrogen and oxygen atoms in total. The Hall–Kier alpha value is -2.67. The van der Waals surface area contributed by atoms with Gasteiger partial charge in [0, 0.05) is 36.1 Å². The summed E-state index contributed by atoms with van der Waals surface area (Å²) in [4.78, 5) is 38.0. The van der Waals surface area contributed by atoms with Gasteiger partial charge in [-0.05, 0) is 59.1 Å². The van der Waals surface area contributed by atoms with Crippen molar-refractivity contribution in [2.75, 3.05) is 13.1 Å². The van der Waals surface area contributed by atoms with E-state index in [2.05, 4.69) is 21.2 Å². The zero-order chi connectivity index (χ0) is 20.1. The summed E-state index contributed by atoms with van der Waals surface area (Å²) in [6, 6.07) is 13.9. The number of rotatable bonds is 4. The van der Waals surface area contributed by atoms with E-state index in [4.69, 9.17) is 4.74 Å². The van der Waals surface area contributed by atoms with Gasteiger partial charge in [-0.1, -0.05) is 18.2 Å². The van der Waals surface area contributed by atoms with Crippen LogP contribution in [0.4, 0.5) is 0 Å². The lowest BCUT2D eigenvalue weighted by molar-refractivity contribution is -0.131. The molecule has 2 aromatic rings. The van der Waals surface area contributed by atoms with Crippen LogP contribution in [0, 0.1) is 0 Å². The fraction of sp³-hybridized carbons (Fsp3) is 0.286. The lowest BCUT2D eigenvalue weighted by Gasteiger charge is -2.32. The Balaban J connectivity index is 1.56. The molecular weight excluding hydrogens is 424 g/mol. The Morgan fingerprint density at radius 1 is 1.07 bits per heavy atom. The maximum absolute atomic E-state index is 12.7. The molecule has 1 aliphatic rings. The van der Waals surface area contributed by atoms with Crippen molar-refractivity contribution in [3.63, 3.8) is 0 Å². The number of nitrogens with zero attached hydrogens (tertiary/aromatic N) is 1. The summed E-state index contributed by atoms with van der Waals surface area (Å²) in [5, 5.41) is 3.04. The normalized spacial score (nSPS) is 14.4. The predicted octanol–water partition coefficient (Wildman–Crippen LogP) is 3.41. The molecule has 0 aromatic heterocycles. The lowest BCUT2D eigenvalue weighted by atomic mass is 10.0. The summed E-state index contributed by atoms with van der Waals surface area (Å²) in [7, 11) is 0. The van der Waals surface area contributed by atoms with Crippen LogP contribution in [-0.4, -0.2) is 41.8 Å². The number of carbonyl (C=O) groups excluding carboxylic acids is 3. The SMILES string of the molecule is CC(=O)Oc1cccc(C(=O)N2CCC(NC(=O)c3ccccc3Br)CC2)c1. The number of piperidine rings is 1. The molecule has 0 radical (unpaired) electrons. The van der Waals surface area contributed by atoms with Gasteiger partial charge in [-0.2, -0.15) is 0 Å². The van der Waals surface area contributed by atoms with Gasteiger partial charge in [0.25, 0.3) is 11.8 Å². The molecule has 1 heterocycles. The predicted molar refractivity (Wildman–Crippen MR) is 108 cm³/mol. The number of esters is 1. The molecule has 0 spiro atoms. The second-order valence-electron chi connectivity index (χ2n) is 6.64. The number of amides is 2.